The zero-order valence-electron chi connectivity index (χ0n) is 17.0. The molecule has 1 aromatic rings. The first-order valence-corrected chi connectivity index (χ1v) is 10.2. The van der Waals surface area contributed by atoms with Gasteiger partial charge in [0, 0.05) is 37.5 Å². The van der Waals surface area contributed by atoms with E-state index < -0.39 is 0 Å². The van der Waals surface area contributed by atoms with E-state index in [1.807, 2.05) is 30.0 Å². The number of rotatable bonds is 8. The SMILES string of the molecule is CC(C)CC(C)(CN)NC(=O)C1CCN(C(=O)CCc2ccccc2)CC1. The minimum Gasteiger partial charge on any atom is -0.349 e. The molecule has 27 heavy (non-hydrogen) atoms. The Kier molecular flexibility index (Phi) is 7.84. The Morgan fingerprint density at radius 1 is 1.22 bits per heavy atom. The van der Waals surface area contributed by atoms with E-state index in [4.69, 9.17) is 5.73 Å². The summed E-state index contributed by atoms with van der Waals surface area (Å²) in [6.07, 6.45) is 3.62. The zero-order chi connectivity index (χ0) is 19.9. The minimum atomic E-state index is -0.353. The number of hydrogen-bond acceptors (Lipinski definition) is 3. The van der Waals surface area contributed by atoms with E-state index in [9.17, 15) is 9.59 Å². The molecule has 1 aliphatic heterocycles. The average molecular weight is 374 g/mol. The number of benzene rings is 1. The van der Waals surface area contributed by atoms with E-state index in [0.29, 0.717) is 32.0 Å². The van der Waals surface area contributed by atoms with Gasteiger partial charge in [0.15, 0.2) is 0 Å². The van der Waals surface area contributed by atoms with Gasteiger partial charge >= 0.3 is 0 Å². The molecule has 1 aliphatic rings. The molecule has 0 aliphatic carbocycles. The first-order chi connectivity index (χ1) is 12.8. The summed E-state index contributed by atoms with van der Waals surface area (Å²) in [6.45, 7) is 8.06. The van der Waals surface area contributed by atoms with Crippen molar-refractivity contribution >= 4 is 11.8 Å². The summed E-state index contributed by atoms with van der Waals surface area (Å²) in [6, 6.07) is 10.1. The van der Waals surface area contributed by atoms with Crippen LogP contribution < -0.4 is 11.1 Å². The maximum Gasteiger partial charge on any atom is 0.223 e. The van der Waals surface area contributed by atoms with Crippen molar-refractivity contribution in [2.75, 3.05) is 19.6 Å². The molecule has 2 rings (SSSR count). The Balaban J connectivity index is 1.78. The fraction of sp³-hybridized carbons (Fsp3) is 0.636. The molecule has 0 saturated carbocycles. The van der Waals surface area contributed by atoms with Gasteiger partial charge in [0.1, 0.15) is 0 Å². The molecule has 0 radical (unpaired) electrons. The predicted molar refractivity (Wildman–Crippen MR) is 109 cm³/mol. The molecule has 3 N–H and O–H groups in total. The van der Waals surface area contributed by atoms with Crippen molar-refractivity contribution in [3.05, 3.63) is 35.9 Å². The number of carbonyl (C=O) groups is 2. The lowest BCUT2D eigenvalue weighted by Crippen LogP contribution is -2.55. The van der Waals surface area contributed by atoms with Crippen LogP contribution in [0, 0.1) is 11.8 Å². The van der Waals surface area contributed by atoms with Crippen molar-refractivity contribution < 1.29 is 9.59 Å². The number of nitrogens with two attached hydrogens (primary N) is 1. The van der Waals surface area contributed by atoms with E-state index in [-0.39, 0.29) is 23.3 Å². The fourth-order valence-corrected chi connectivity index (χ4v) is 3.93. The summed E-state index contributed by atoms with van der Waals surface area (Å²) in [5, 5.41) is 3.17. The zero-order valence-corrected chi connectivity index (χ0v) is 17.0. The second-order valence-electron chi connectivity index (χ2n) is 8.49. The summed E-state index contributed by atoms with van der Waals surface area (Å²) in [5.41, 5.74) is 6.74. The summed E-state index contributed by atoms with van der Waals surface area (Å²) in [7, 11) is 0. The maximum absolute atomic E-state index is 12.7. The molecule has 1 unspecified atom stereocenters. The first kappa shape index (κ1) is 21.4. The number of piperidine rings is 1. The number of nitrogens with one attached hydrogen (secondary N) is 1. The van der Waals surface area contributed by atoms with Crippen molar-refractivity contribution in [2.45, 2.75) is 58.4 Å². The predicted octanol–water partition coefficient (Wildman–Crippen LogP) is 2.74. The van der Waals surface area contributed by atoms with E-state index in [0.717, 1.165) is 25.7 Å². The van der Waals surface area contributed by atoms with Crippen molar-refractivity contribution in [2.24, 2.45) is 17.6 Å². The van der Waals surface area contributed by atoms with Crippen LogP contribution in [0.25, 0.3) is 0 Å². The second kappa shape index (κ2) is 9.88. The van der Waals surface area contributed by atoms with Crippen LogP contribution >= 0.6 is 0 Å². The minimum absolute atomic E-state index is 0.0267. The van der Waals surface area contributed by atoms with Crippen LogP contribution in [0.1, 0.15) is 52.0 Å². The van der Waals surface area contributed by atoms with Crippen molar-refractivity contribution in [1.29, 1.82) is 0 Å². The molecule has 1 heterocycles. The number of amides is 2. The third-order valence-electron chi connectivity index (χ3n) is 5.42. The highest BCUT2D eigenvalue weighted by Crippen LogP contribution is 2.21. The molecule has 0 spiro atoms. The maximum atomic E-state index is 12.7. The number of carbonyl (C=O) groups excluding carboxylic acids is 2. The van der Waals surface area contributed by atoms with Crippen molar-refractivity contribution in [1.82, 2.24) is 10.2 Å². The number of likely N-dealkylation sites (tertiary alicyclic amines) is 1. The van der Waals surface area contributed by atoms with Gasteiger partial charge in [-0.25, -0.2) is 0 Å². The number of hydrogen-bond donors (Lipinski definition) is 2. The van der Waals surface area contributed by atoms with Crippen LogP contribution in [-0.2, 0) is 16.0 Å². The Hall–Kier alpha value is -1.88. The van der Waals surface area contributed by atoms with Crippen LogP contribution in [0.5, 0.6) is 0 Å². The van der Waals surface area contributed by atoms with E-state index >= 15 is 0 Å². The highest BCUT2D eigenvalue weighted by molar-refractivity contribution is 5.80. The van der Waals surface area contributed by atoms with Gasteiger partial charge in [-0.1, -0.05) is 44.2 Å². The van der Waals surface area contributed by atoms with Gasteiger partial charge in [-0.3, -0.25) is 9.59 Å². The van der Waals surface area contributed by atoms with E-state index in [2.05, 4.69) is 31.3 Å². The number of nitrogens with zero attached hydrogens (tertiary/aromatic N) is 1. The first-order valence-electron chi connectivity index (χ1n) is 10.2. The molecule has 1 saturated heterocycles. The summed E-state index contributed by atoms with van der Waals surface area (Å²) >= 11 is 0. The third kappa shape index (κ3) is 6.65. The molecule has 0 aromatic heterocycles. The van der Waals surface area contributed by atoms with Crippen LogP contribution in [0.15, 0.2) is 30.3 Å². The number of aryl methyl sites for hydroxylation is 1. The molecule has 0 bridgehead atoms. The molecule has 5 nitrogen and oxygen atoms in total. The lowest BCUT2D eigenvalue weighted by molar-refractivity contribution is -0.136. The summed E-state index contributed by atoms with van der Waals surface area (Å²) in [4.78, 5) is 27.0. The van der Waals surface area contributed by atoms with Crippen molar-refractivity contribution in [3.63, 3.8) is 0 Å². The largest absolute Gasteiger partial charge is 0.349 e. The van der Waals surface area contributed by atoms with Crippen LogP contribution in [0.3, 0.4) is 0 Å². The molecule has 2 amide bonds. The summed E-state index contributed by atoms with van der Waals surface area (Å²) in [5.74, 6) is 0.716. The highest BCUT2D eigenvalue weighted by atomic mass is 16.2. The molecule has 150 valence electrons. The standard InChI is InChI=1S/C22H35N3O2/c1-17(2)15-22(3,16-23)24-21(27)19-11-13-25(14-12-19)20(26)10-9-18-7-5-4-6-8-18/h4-8,17,19H,9-16,23H2,1-3H3,(H,24,27). The van der Waals surface area contributed by atoms with Crippen LogP contribution in [0.4, 0.5) is 0 Å². The van der Waals surface area contributed by atoms with Gasteiger partial charge in [-0.2, -0.15) is 0 Å². The smallest absolute Gasteiger partial charge is 0.223 e. The van der Waals surface area contributed by atoms with Gasteiger partial charge in [0.2, 0.25) is 11.8 Å². The van der Waals surface area contributed by atoms with Gasteiger partial charge in [-0.15, -0.1) is 0 Å². The van der Waals surface area contributed by atoms with Gasteiger partial charge in [0.05, 0.1) is 0 Å². The molecule has 1 fully saturated rings. The van der Waals surface area contributed by atoms with Crippen LogP contribution in [0.2, 0.25) is 0 Å². The second-order valence-corrected chi connectivity index (χ2v) is 8.49. The quantitative estimate of drug-likeness (QED) is 0.736. The van der Waals surface area contributed by atoms with Gasteiger partial charge in [0.25, 0.3) is 0 Å². The molecule has 5 heteroatoms. The molecule has 1 atom stereocenters. The van der Waals surface area contributed by atoms with E-state index in [1.54, 1.807) is 0 Å². The topological polar surface area (TPSA) is 75.4 Å². The monoisotopic (exact) mass is 373 g/mol. The average Bonchev–Trinajstić information content (AvgIpc) is 2.66. The lowest BCUT2D eigenvalue weighted by atomic mass is 9.88. The van der Waals surface area contributed by atoms with Gasteiger partial charge < -0.3 is 16.0 Å². The van der Waals surface area contributed by atoms with Crippen molar-refractivity contribution in [3.8, 4) is 0 Å². The molecular weight excluding hydrogens is 338 g/mol. The third-order valence-corrected chi connectivity index (χ3v) is 5.42. The fourth-order valence-electron chi connectivity index (χ4n) is 3.93. The normalized spacial score (nSPS) is 17.6. The van der Waals surface area contributed by atoms with Crippen LogP contribution in [-0.4, -0.2) is 41.9 Å². The Morgan fingerprint density at radius 2 is 1.85 bits per heavy atom. The van der Waals surface area contributed by atoms with E-state index in [1.165, 1.54) is 5.56 Å². The Morgan fingerprint density at radius 3 is 2.41 bits per heavy atom. The lowest BCUT2D eigenvalue weighted by Gasteiger charge is -2.36. The van der Waals surface area contributed by atoms with Gasteiger partial charge in [-0.05, 0) is 44.1 Å². The summed E-state index contributed by atoms with van der Waals surface area (Å²) < 4.78 is 0. The molecule has 1 aromatic carbocycles. The Bertz CT molecular complexity index is 609. The highest BCUT2D eigenvalue weighted by Gasteiger charge is 2.32. The Labute approximate surface area is 163 Å². The molecular formula is C22H35N3O2.